The maximum atomic E-state index is 12.9. The van der Waals surface area contributed by atoms with Crippen LogP contribution in [0.2, 0.25) is 0 Å². The number of ether oxygens (including phenoxy) is 2. The lowest BCUT2D eigenvalue weighted by atomic mass is 9.77. The molecule has 3 fully saturated rings. The van der Waals surface area contributed by atoms with Crippen molar-refractivity contribution in [3.63, 3.8) is 0 Å². The predicted octanol–water partition coefficient (Wildman–Crippen LogP) is 3.97. The first-order chi connectivity index (χ1) is 18.3. The number of anilines is 2. The van der Waals surface area contributed by atoms with E-state index < -0.39 is 11.9 Å². The Balaban J connectivity index is 1.18. The van der Waals surface area contributed by atoms with E-state index in [-0.39, 0.29) is 17.6 Å². The van der Waals surface area contributed by atoms with Crippen molar-refractivity contribution in [2.24, 2.45) is 5.41 Å². The SMILES string of the molecule is COc1nn(C2CCCCO2)c2nc(N3CCC4(CC3)CC(=O)N(c3ccc(C(F)(F)F)nc3)C4)cnc12. The average molecular weight is 532 g/mol. The summed E-state index contributed by atoms with van der Waals surface area (Å²) in [6.45, 7) is 2.49. The summed E-state index contributed by atoms with van der Waals surface area (Å²) in [6, 6.07) is 2.24. The van der Waals surface area contributed by atoms with Gasteiger partial charge in [-0.15, -0.1) is 5.10 Å². The van der Waals surface area contributed by atoms with Gasteiger partial charge in [0.05, 0.1) is 25.2 Å². The summed E-state index contributed by atoms with van der Waals surface area (Å²) in [7, 11) is 1.56. The van der Waals surface area contributed by atoms with Crippen LogP contribution in [0.5, 0.6) is 5.88 Å². The lowest BCUT2D eigenvalue weighted by molar-refractivity contribution is -0.141. The Morgan fingerprint density at radius 1 is 1.13 bits per heavy atom. The molecule has 3 aliphatic rings. The van der Waals surface area contributed by atoms with Crippen LogP contribution >= 0.6 is 0 Å². The first-order valence-electron chi connectivity index (χ1n) is 12.8. The molecule has 0 saturated carbocycles. The molecule has 0 aliphatic carbocycles. The molecule has 38 heavy (non-hydrogen) atoms. The Hall–Kier alpha value is -3.48. The Morgan fingerprint density at radius 3 is 2.61 bits per heavy atom. The average Bonchev–Trinajstić information content (AvgIpc) is 3.46. The van der Waals surface area contributed by atoms with Gasteiger partial charge in [-0.25, -0.2) is 19.6 Å². The van der Waals surface area contributed by atoms with Crippen LogP contribution < -0.4 is 14.5 Å². The molecule has 3 saturated heterocycles. The van der Waals surface area contributed by atoms with Crippen LogP contribution in [-0.2, 0) is 15.7 Å². The Bertz CT molecular complexity index is 1330. The minimum Gasteiger partial charge on any atom is -0.478 e. The van der Waals surface area contributed by atoms with Gasteiger partial charge in [0.1, 0.15) is 11.5 Å². The second kappa shape index (κ2) is 9.37. The first kappa shape index (κ1) is 24.8. The van der Waals surface area contributed by atoms with Crippen LogP contribution in [0.15, 0.2) is 24.5 Å². The van der Waals surface area contributed by atoms with Gasteiger partial charge in [-0.3, -0.25) is 4.79 Å². The fourth-order valence-corrected chi connectivity index (χ4v) is 5.67. The Morgan fingerprint density at radius 2 is 1.95 bits per heavy atom. The van der Waals surface area contributed by atoms with Crippen molar-refractivity contribution in [2.45, 2.75) is 50.9 Å². The molecular formula is C25H28F3N7O3. The number of hydrogen-bond donors (Lipinski definition) is 0. The standard InChI is InChI=1S/C25H28F3N7O3/c1-37-23-21-22(35(32-23)20-4-2-3-11-38-20)31-18(14-30-21)33-9-7-24(8-10-33)12-19(36)34(15-24)16-5-6-17(29-13-16)25(26,27)28/h5-6,13-14,20H,2-4,7-12,15H2,1H3. The summed E-state index contributed by atoms with van der Waals surface area (Å²) >= 11 is 0. The van der Waals surface area contributed by atoms with Crippen LogP contribution in [-0.4, -0.2) is 64.0 Å². The van der Waals surface area contributed by atoms with E-state index in [0.29, 0.717) is 55.4 Å². The molecule has 0 N–H and O–H groups in total. The van der Waals surface area contributed by atoms with E-state index in [1.165, 1.54) is 6.07 Å². The first-order valence-corrected chi connectivity index (χ1v) is 12.8. The lowest BCUT2D eigenvalue weighted by Gasteiger charge is -2.39. The van der Waals surface area contributed by atoms with Crippen LogP contribution in [0, 0.1) is 5.41 Å². The van der Waals surface area contributed by atoms with Crippen molar-refractivity contribution in [3.05, 3.63) is 30.2 Å². The molecule has 1 spiro atoms. The normalized spacial score (nSPS) is 22.0. The molecule has 202 valence electrons. The molecule has 1 unspecified atom stereocenters. The zero-order chi connectivity index (χ0) is 26.5. The van der Waals surface area contributed by atoms with Crippen molar-refractivity contribution in [1.82, 2.24) is 24.7 Å². The molecule has 13 heteroatoms. The maximum Gasteiger partial charge on any atom is 0.433 e. The summed E-state index contributed by atoms with van der Waals surface area (Å²) in [5, 5.41) is 4.56. The highest BCUT2D eigenvalue weighted by Crippen LogP contribution is 2.43. The molecular weight excluding hydrogens is 503 g/mol. The lowest BCUT2D eigenvalue weighted by Crippen LogP contribution is -2.42. The largest absolute Gasteiger partial charge is 0.478 e. The molecule has 3 aliphatic heterocycles. The Kier molecular flexibility index (Phi) is 6.12. The smallest absolute Gasteiger partial charge is 0.433 e. The number of carbonyl (C=O) groups is 1. The third-order valence-electron chi connectivity index (χ3n) is 7.80. The second-order valence-electron chi connectivity index (χ2n) is 10.2. The summed E-state index contributed by atoms with van der Waals surface area (Å²) in [5.41, 5.74) is 0.382. The van der Waals surface area contributed by atoms with Gasteiger partial charge in [-0.05, 0) is 44.2 Å². The highest BCUT2D eigenvalue weighted by Gasteiger charge is 2.46. The van der Waals surface area contributed by atoms with E-state index in [4.69, 9.17) is 14.5 Å². The van der Waals surface area contributed by atoms with Crippen molar-refractivity contribution in [1.29, 1.82) is 0 Å². The fraction of sp³-hybridized carbons (Fsp3) is 0.560. The number of methoxy groups -OCH3 is 1. The third kappa shape index (κ3) is 4.42. The van der Waals surface area contributed by atoms with Gasteiger partial charge in [0.15, 0.2) is 17.4 Å². The van der Waals surface area contributed by atoms with Crippen LogP contribution in [0.3, 0.4) is 0 Å². The van der Waals surface area contributed by atoms with Gasteiger partial charge in [-0.1, -0.05) is 0 Å². The topological polar surface area (TPSA) is 98.5 Å². The van der Waals surface area contributed by atoms with Crippen molar-refractivity contribution in [3.8, 4) is 5.88 Å². The van der Waals surface area contributed by atoms with Gasteiger partial charge < -0.3 is 19.3 Å². The molecule has 0 aromatic carbocycles. The molecule has 0 bridgehead atoms. The minimum atomic E-state index is -4.51. The van der Waals surface area contributed by atoms with Crippen LogP contribution in [0.1, 0.15) is 50.4 Å². The number of carbonyl (C=O) groups excluding carboxylic acids is 1. The van der Waals surface area contributed by atoms with E-state index in [1.54, 1.807) is 22.9 Å². The van der Waals surface area contributed by atoms with Gasteiger partial charge in [-0.2, -0.15) is 13.2 Å². The van der Waals surface area contributed by atoms with E-state index in [0.717, 1.165) is 50.2 Å². The molecule has 10 nitrogen and oxygen atoms in total. The van der Waals surface area contributed by atoms with Gasteiger partial charge in [0.2, 0.25) is 5.91 Å². The number of fused-ring (bicyclic) bond motifs is 1. The highest BCUT2D eigenvalue weighted by molar-refractivity contribution is 5.96. The zero-order valence-electron chi connectivity index (χ0n) is 20.9. The monoisotopic (exact) mass is 531 g/mol. The Labute approximate surface area is 216 Å². The maximum absolute atomic E-state index is 12.9. The van der Waals surface area contributed by atoms with E-state index >= 15 is 0 Å². The molecule has 6 heterocycles. The number of aromatic nitrogens is 5. The van der Waals surface area contributed by atoms with E-state index in [1.807, 2.05) is 0 Å². The number of alkyl halides is 3. The van der Waals surface area contributed by atoms with E-state index in [9.17, 15) is 18.0 Å². The van der Waals surface area contributed by atoms with Crippen molar-refractivity contribution < 1.29 is 27.4 Å². The summed E-state index contributed by atoms with van der Waals surface area (Å²) in [4.78, 5) is 29.6. The quantitative estimate of drug-likeness (QED) is 0.499. The zero-order valence-corrected chi connectivity index (χ0v) is 20.9. The molecule has 1 amide bonds. The number of hydrogen-bond acceptors (Lipinski definition) is 8. The van der Waals surface area contributed by atoms with Crippen molar-refractivity contribution >= 4 is 28.6 Å². The number of nitrogens with zero attached hydrogens (tertiary/aromatic N) is 7. The highest BCUT2D eigenvalue weighted by atomic mass is 19.4. The summed E-state index contributed by atoms with van der Waals surface area (Å²) in [5.74, 6) is 1.04. The number of halogens is 3. The molecule has 0 radical (unpaired) electrons. The summed E-state index contributed by atoms with van der Waals surface area (Å²) < 4.78 is 51.8. The van der Waals surface area contributed by atoms with E-state index in [2.05, 4.69) is 20.0 Å². The molecule has 1 atom stereocenters. The van der Waals surface area contributed by atoms with Gasteiger partial charge >= 0.3 is 6.18 Å². The minimum absolute atomic E-state index is 0.0929. The fourth-order valence-electron chi connectivity index (χ4n) is 5.67. The number of pyridine rings is 1. The third-order valence-corrected chi connectivity index (χ3v) is 7.80. The van der Waals surface area contributed by atoms with Crippen LogP contribution in [0.25, 0.3) is 11.2 Å². The predicted molar refractivity (Wildman–Crippen MR) is 131 cm³/mol. The molecule has 3 aromatic rings. The molecule has 3 aromatic heterocycles. The van der Waals surface area contributed by atoms with Crippen LogP contribution in [0.4, 0.5) is 24.7 Å². The van der Waals surface area contributed by atoms with Gasteiger partial charge in [0, 0.05) is 38.1 Å². The summed E-state index contributed by atoms with van der Waals surface area (Å²) in [6.07, 6.45) is 2.90. The van der Waals surface area contributed by atoms with Gasteiger partial charge in [0.25, 0.3) is 5.88 Å². The number of piperidine rings is 1. The number of rotatable bonds is 4. The molecule has 6 rings (SSSR count). The van der Waals surface area contributed by atoms with Crippen molar-refractivity contribution in [2.75, 3.05) is 43.2 Å². The second-order valence-corrected chi connectivity index (χ2v) is 10.2. The number of amides is 1.